The molecule has 1 rings (SSSR count). The van der Waals surface area contributed by atoms with Gasteiger partial charge in [0.1, 0.15) is 5.75 Å². The van der Waals surface area contributed by atoms with Crippen LogP contribution in [0.15, 0.2) is 24.3 Å². The van der Waals surface area contributed by atoms with Gasteiger partial charge in [-0.05, 0) is 30.5 Å². The van der Waals surface area contributed by atoms with Gasteiger partial charge in [0.2, 0.25) is 6.41 Å². The monoisotopic (exact) mass is 393 g/mol. The lowest BCUT2D eigenvalue weighted by atomic mass is 9.98. The molecule has 3 nitrogen and oxygen atoms in total. The molecule has 1 aromatic carbocycles. The van der Waals surface area contributed by atoms with E-state index in [0.29, 0.717) is 0 Å². The number of hydrogen-bond acceptors (Lipinski definition) is 2. The molecule has 0 atom stereocenters. The number of nitrogens with two attached hydrogens (primary N) is 1. The molecule has 0 aliphatic rings. The molecule has 0 radical (unpaired) electrons. The first kappa shape index (κ1) is 30.0. The molecule has 0 spiro atoms. The summed E-state index contributed by atoms with van der Waals surface area (Å²) in [4.78, 5) is 8.58. The number of halogens is 3. The molecule has 27 heavy (non-hydrogen) atoms. The lowest BCUT2D eigenvalue weighted by Gasteiger charge is -2.08. The fourth-order valence-corrected chi connectivity index (χ4v) is 2.06. The number of carbonyl (C=O) groups is 1. The number of carbonyl (C=O) groups excluding carboxylic acids is 1. The highest BCUT2D eigenvalue weighted by atomic mass is 19.4. The Kier molecular flexibility index (Phi) is 22.9. The maximum absolute atomic E-state index is 11.7. The fraction of sp³-hybridized carbons (Fsp3) is 0.667. The molecular formula is C21H38F3NO2. The first-order valence-electron chi connectivity index (χ1n) is 9.67. The first-order chi connectivity index (χ1) is 12.7. The van der Waals surface area contributed by atoms with Crippen molar-refractivity contribution < 1.29 is 22.7 Å². The van der Waals surface area contributed by atoms with Crippen LogP contribution in [-0.4, -0.2) is 12.8 Å². The molecule has 160 valence electrons. The number of aryl methyl sites for hydroxylation is 1. The predicted molar refractivity (Wildman–Crippen MR) is 108 cm³/mol. The zero-order valence-corrected chi connectivity index (χ0v) is 17.7. The Bertz CT molecular complexity index is 430. The second-order valence-electron chi connectivity index (χ2n) is 5.89. The van der Waals surface area contributed by atoms with Crippen LogP contribution in [0.4, 0.5) is 13.2 Å². The summed E-state index contributed by atoms with van der Waals surface area (Å²) in [5.41, 5.74) is 4.90. The lowest BCUT2D eigenvalue weighted by molar-refractivity contribution is -0.274. The number of rotatable bonds is 7. The molecule has 2 N–H and O–H groups in total. The Morgan fingerprint density at radius 2 is 1.56 bits per heavy atom. The Morgan fingerprint density at radius 3 is 1.89 bits per heavy atom. The van der Waals surface area contributed by atoms with Crippen molar-refractivity contribution in [2.75, 3.05) is 0 Å². The number of unbranched alkanes of at least 4 members (excludes halogenated alkanes) is 2. The van der Waals surface area contributed by atoms with Gasteiger partial charge in [-0.1, -0.05) is 85.3 Å². The van der Waals surface area contributed by atoms with Crippen molar-refractivity contribution in [2.24, 2.45) is 11.7 Å². The lowest BCUT2D eigenvalue weighted by Crippen LogP contribution is -2.17. The van der Waals surface area contributed by atoms with E-state index in [1.165, 1.54) is 56.7 Å². The van der Waals surface area contributed by atoms with Crippen LogP contribution in [-0.2, 0) is 4.79 Å². The third-order valence-electron chi connectivity index (χ3n) is 3.32. The Morgan fingerprint density at radius 1 is 1.11 bits per heavy atom. The maximum Gasteiger partial charge on any atom is 0.573 e. The van der Waals surface area contributed by atoms with E-state index in [4.69, 9.17) is 4.79 Å². The van der Waals surface area contributed by atoms with E-state index in [-0.39, 0.29) is 12.2 Å². The van der Waals surface area contributed by atoms with Crippen molar-refractivity contribution >= 4 is 6.41 Å². The highest BCUT2D eigenvalue weighted by Gasteiger charge is 2.30. The summed E-state index contributed by atoms with van der Waals surface area (Å²) >= 11 is 0. The molecule has 6 heteroatoms. The molecule has 0 fully saturated rings. The van der Waals surface area contributed by atoms with Gasteiger partial charge in [-0.2, -0.15) is 0 Å². The van der Waals surface area contributed by atoms with Crippen LogP contribution in [0.3, 0.4) is 0 Å². The van der Waals surface area contributed by atoms with E-state index < -0.39 is 6.36 Å². The molecule has 1 aromatic rings. The highest BCUT2D eigenvalue weighted by molar-refractivity contribution is 5.42. The molecular weight excluding hydrogens is 355 g/mol. The average Bonchev–Trinajstić information content (AvgIpc) is 2.59. The van der Waals surface area contributed by atoms with Crippen molar-refractivity contribution in [3.05, 3.63) is 29.8 Å². The summed E-state index contributed by atoms with van der Waals surface area (Å²) in [6.45, 7) is 12.6. The third-order valence-corrected chi connectivity index (χ3v) is 3.32. The van der Waals surface area contributed by atoms with Gasteiger partial charge in [0.05, 0.1) is 0 Å². The van der Waals surface area contributed by atoms with E-state index in [1.54, 1.807) is 13.0 Å². The maximum atomic E-state index is 11.7. The van der Waals surface area contributed by atoms with Crippen molar-refractivity contribution in [3.8, 4) is 5.75 Å². The number of amides is 1. The molecule has 0 aliphatic heterocycles. The molecule has 0 saturated carbocycles. The van der Waals surface area contributed by atoms with Crippen molar-refractivity contribution in [1.29, 1.82) is 0 Å². The minimum absolute atomic E-state index is 0.178. The zero-order chi connectivity index (χ0) is 21.7. The number of primary amides is 1. The van der Waals surface area contributed by atoms with E-state index >= 15 is 0 Å². The SMILES string of the molecule is CC.CCCCC(C)CCCC.Cc1cccc(OC(F)(F)F)c1.NC=O. The van der Waals surface area contributed by atoms with Crippen LogP contribution in [0.5, 0.6) is 5.75 Å². The van der Waals surface area contributed by atoms with Crippen LogP contribution in [0, 0.1) is 12.8 Å². The summed E-state index contributed by atoms with van der Waals surface area (Å²) in [6, 6.07) is 5.80. The van der Waals surface area contributed by atoms with E-state index in [1.807, 2.05) is 13.8 Å². The van der Waals surface area contributed by atoms with Gasteiger partial charge in [0.15, 0.2) is 0 Å². The summed E-state index contributed by atoms with van der Waals surface area (Å²) in [5, 5.41) is 0. The summed E-state index contributed by atoms with van der Waals surface area (Å²) in [5.74, 6) is 0.794. The minimum atomic E-state index is -4.60. The predicted octanol–water partition coefficient (Wildman–Crippen LogP) is 7.02. The second kappa shape index (κ2) is 20.6. The van der Waals surface area contributed by atoms with Gasteiger partial charge in [-0.15, -0.1) is 13.2 Å². The second-order valence-corrected chi connectivity index (χ2v) is 5.89. The van der Waals surface area contributed by atoms with Gasteiger partial charge in [0.25, 0.3) is 0 Å². The standard InChI is InChI=1S/C10H22.C8H7F3O.C2H6.CH3NO/c1-4-6-8-10(3)9-7-5-2;1-6-3-2-4-7(5-6)12-8(9,10)11;1-2;2-1-3/h10H,4-9H2,1-3H3;2-5H,1H3;1-2H3;1H,(H2,2,3). The number of benzene rings is 1. The minimum Gasteiger partial charge on any atom is -0.406 e. The van der Waals surface area contributed by atoms with E-state index in [0.717, 1.165) is 11.5 Å². The van der Waals surface area contributed by atoms with Gasteiger partial charge < -0.3 is 10.5 Å². The smallest absolute Gasteiger partial charge is 0.406 e. The molecule has 0 aromatic heterocycles. The zero-order valence-electron chi connectivity index (χ0n) is 17.7. The fourth-order valence-electron chi connectivity index (χ4n) is 2.06. The summed E-state index contributed by atoms with van der Waals surface area (Å²) < 4.78 is 38.6. The van der Waals surface area contributed by atoms with E-state index in [9.17, 15) is 13.2 Å². The highest BCUT2D eigenvalue weighted by Crippen LogP contribution is 2.22. The molecule has 1 amide bonds. The summed E-state index contributed by atoms with van der Waals surface area (Å²) in [6.07, 6.45) is 4.09. The molecule has 0 unspecified atom stereocenters. The molecule has 0 aliphatic carbocycles. The molecule has 0 bridgehead atoms. The first-order valence-corrected chi connectivity index (χ1v) is 9.67. The number of alkyl halides is 3. The van der Waals surface area contributed by atoms with Crippen molar-refractivity contribution in [2.45, 2.75) is 86.4 Å². The van der Waals surface area contributed by atoms with Gasteiger partial charge >= 0.3 is 6.36 Å². The van der Waals surface area contributed by atoms with Gasteiger partial charge in [0, 0.05) is 0 Å². The molecule has 0 heterocycles. The number of hydrogen-bond donors (Lipinski definition) is 1. The summed E-state index contributed by atoms with van der Waals surface area (Å²) in [7, 11) is 0. The van der Waals surface area contributed by atoms with Crippen LogP contribution >= 0.6 is 0 Å². The average molecular weight is 394 g/mol. The number of ether oxygens (including phenoxy) is 1. The Labute approximate surface area is 163 Å². The van der Waals surface area contributed by atoms with Crippen molar-refractivity contribution in [1.82, 2.24) is 0 Å². The van der Waals surface area contributed by atoms with Crippen LogP contribution in [0.25, 0.3) is 0 Å². The van der Waals surface area contributed by atoms with Gasteiger partial charge in [-0.25, -0.2) is 0 Å². The normalized spacial score (nSPS) is 9.70. The van der Waals surface area contributed by atoms with Crippen LogP contribution in [0.2, 0.25) is 0 Å². The Hall–Kier alpha value is -1.72. The van der Waals surface area contributed by atoms with Gasteiger partial charge in [-0.3, -0.25) is 4.79 Å². The van der Waals surface area contributed by atoms with Crippen LogP contribution in [0.1, 0.15) is 78.7 Å². The molecule has 0 saturated heterocycles. The Balaban J connectivity index is -0.000000349. The van der Waals surface area contributed by atoms with E-state index in [2.05, 4.69) is 31.2 Å². The van der Waals surface area contributed by atoms with Crippen LogP contribution < -0.4 is 10.5 Å². The third kappa shape index (κ3) is 26.6. The topological polar surface area (TPSA) is 52.3 Å². The van der Waals surface area contributed by atoms with Crippen molar-refractivity contribution in [3.63, 3.8) is 0 Å². The largest absolute Gasteiger partial charge is 0.573 e. The quantitative estimate of drug-likeness (QED) is 0.506.